The van der Waals surface area contributed by atoms with Gasteiger partial charge < -0.3 is 18.9 Å². The number of ether oxygens (including phenoxy) is 4. The summed E-state index contributed by atoms with van der Waals surface area (Å²) in [7, 11) is 0. The largest absolute Gasteiger partial charge is 0.490 e. The van der Waals surface area contributed by atoms with Crippen LogP contribution >= 0.6 is 0 Å². The number of imide groups is 2. The third-order valence-corrected chi connectivity index (χ3v) is 11.9. The molecular formula is C54H86N2O7. The van der Waals surface area contributed by atoms with Gasteiger partial charge in [0.15, 0.2) is 11.5 Å². The third-order valence-electron chi connectivity index (χ3n) is 11.9. The SMILES string of the molecule is CCCCCCCCCCCCOc1cc(COc2ccc(C=C3C(=O)NC(=O)NC3=O)cc2)cc(OCCCCCCCCCCCC)c1OCCCCCCCCCCCC. The minimum absolute atomic E-state index is 0.130. The van der Waals surface area contributed by atoms with Crippen LogP contribution < -0.4 is 29.6 Å². The molecule has 2 aromatic carbocycles. The van der Waals surface area contributed by atoms with Crippen LogP contribution in [0.5, 0.6) is 23.0 Å². The molecule has 0 radical (unpaired) electrons. The van der Waals surface area contributed by atoms with Gasteiger partial charge in [0, 0.05) is 0 Å². The monoisotopic (exact) mass is 875 g/mol. The van der Waals surface area contributed by atoms with Crippen molar-refractivity contribution in [2.75, 3.05) is 19.8 Å². The number of rotatable bonds is 40. The fourth-order valence-electron chi connectivity index (χ4n) is 7.98. The van der Waals surface area contributed by atoms with Crippen LogP contribution in [0, 0.1) is 0 Å². The van der Waals surface area contributed by atoms with Crippen molar-refractivity contribution in [3.63, 3.8) is 0 Å². The first-order valence-electron chi connectivity index (χ1n) is 25.6. The highest BCUT2D eigenvalue weighted by Gasteiger charge is 2.27. The highest BCUT2D eigenvalue weighted by atomic mass is 16.5. The number of carbonyl (C=O) groups is 3. The maximum absolute atomic E-state index is 12.2. The summed E-state index contributed by atoms with van der Waals surface area (Å²) in [5.41, 5.74) is 1.42. The Hall–Kier alpha value is -4.01. The van der Waals surface area contributed by atoms with Gasteiger partial charge in [0.25, 0.3) is 11.8 Å². The van der Waals surface area contributed by atoms with E-state index in [0.717, 1.165) is 44.1 Å². The summed E-state index contributed by atoms with van der Waals surface area (Å²) in [6.07, 6.45) is 39.5. The molecule has 0 spiro atoms. The number of nitrogens with one attached hydrogen (secondary N) is 2. The molecule has 1 aliphatic heterocycles. The summed E-state index contributed by atoms with van der Waals surface area (Å²) in [6.45, 7) is 8.96. The molecule has 63 heavy (non-hydrogen) atoms. The molecular weight excluding hydrogens is 789 g/mol. The van der Waals surface area contributed by atoms with E-state index in [1.54, 1.807) is 24.3 Å². The molecule has 9 nitrogen and oxygen atoms in total. The maximum atomic E-state index is 12.2. The molecule has 0 aliphatic carbocycles. The summed E-state index contributed by atoms with van der Waals surface area (Å²) in [4.78, 5) is 35.9. The van der Waals surface area contributed by atoms with E-state index in [2.05, 4.69) is 31.4 Å². The second-order valence-corrected chi connectivity index (χ2v) is 17.7. The zero-order valence-corrected chi connectivity index (χ0v) is 39.9. The number of amides is 4. The van der Waals surface area contributed by atoms with E-state index in [-0.39, 0.29) is 12.2 Å². The molecule has 1 heterocycles. The highest BCUT2D eigenvalue weighted by Crippen LogP contribution is 2.40. The lowest BCUT2D eigenvalue weighted by Gasteiger charge is -2.19. The van der Waals surface area contributed by atoms with Crippen molar-refractivity contribution < 1.29 is 33.3 Å². The van der Waals surface area contributed by atoms with E-state index in [9.17, 15) is 14.4 Å². The number of benzene rings is 2. The van der Waals surface area contributed by atoms with E-state index in [1.807, 2.05) is 12.1 Å². The topological polar surface area (TPSA) is 112 Å². The average Bonchev–Trinajstić information content (AvgIpc) is 3.28. The minimum Gasteiger partial charge on any atom is -0.490 e. The fourth-order valence-corrected chi connectivity index (χ4v) is 7.98. The van der Waals surface area contributed by atoms with Crippen LogP contribution in [-0.4, -0.2) is 37.7 Å². The van der Waals surface area contributed by atoms with Crippen molar-refractivity contribution in [2.24, 2.45) is 0 Å². The van der Waals surface area contributed by atoms with Gasteiger partial charge in [-0.1, -0.05) is 206 Å². The van der Waals surface area contributed by atoms with E-state index in [4.69, 9.17) is 18.9 Å². The lowest BCUT2D eigenvalue weighted by Crippen LogP contribution is -2.51. The summed E-state index contributed by atoms with van der Waals surface area (Å²) in [6, 6.07) is 10.4. The number of hydrogen-bond acceptors (Lipinski definition) is 7. The van der Waals surface area contributed by atoms with Crippen molar-refractivity contribution in [1.29, 1.82) is 0 Å². The zero-order chi connectivity index (χ0) is 45.0. The van der Waals surface area contributed by atoms with E-state index >= 15 is 0 Å². The first-order valence-corrected chi connectivity index (χ1v) is 25.6. The molecule has 0 saturated carbocycles. The molecule has 3 rings (SSSR count). The Morgan fingerprint density at radius 1 is 0.429 bits per heavy atom. The van der Waals surface area contributed by atoms with Gasteiger partial charge in [-0.15, -0.1) is 0 Å². The number of unbranched alkanes of at least 4 members (excludes halogenated alkanes) is 27. The molecule has 1 saturated heterocycles. The number of hydrogen-bond donors (Lipinski definition) is 2. The molecule has 1 fully saturated rings. The van der Waals surface area contributed by atoms with Crippen LogP contribution in [-0.2, 0) is 16.2 Å². The summed E-state index contributed by atoms with van der Waals surface area (Å²) in [5, 5.41) is 4.21. The molecule has 9 heteroatoms. The summed E-state index contributed by atoms with van der Waals surface area (Å²) in [5.74, 6) is 1.30. The molecule has 2 aromatic rings. The number of barbiturate groups is 1. The summed E-state index contributed by atoms with van der Waals surface area (Å²) < 4.78 is 26.0. The van der Waals surface area contributed by atoms with Gasteiger partial charge in [0.1, 0.15) is 17.9 Å². The molecule has 2 N–H and O–H groups in total. The zero-order valence-electron chi connectivity index (χ0n) is 39.9. The van der Waals surface area contributed by atoms with Crippen LogP contribution in [0.25, 0.3) is 6.08 Å². The van der Waals surface area contributed by atoms with Crippen LogP contribution in [0.4, 0.5) is 4.79 Å². The van der Waals surface area contributed by atoms with Crippen LogP contribution in [0.3, 0.4) is 0 Å². The van der Waals surface area contributed by atoms with Gasteiger partial charge in [0.05, 0.1) is 19.8 Å². The predicted molar refractivity (Wildman–Crippen MR) is 259 cm³/mol. The number of carbonyl (C=O) groups excluding carboxylic acids is 3. The minimum atomic E-state index is -0.820. The molecule has 4 amide bonds. The molecule has 1 aliphatic rings. The fraction of sp³-hybridized carbons (Fsp3) is 0.685. The molecule has 0 aromatic heterocycles. The lowest BCUT2D eigenvalue weighted by molar-refractivity contribution is -0.123. The third kappa shape index (κ3) is 24.6. The van der Waals surface area contributed by atoms with E-state index in [1.165, 1.54) is 160 Å². The smallest absolute Gasteiger partial charge is 0.328 e. The second kappa shape index (κ2) is 35.4. The molecule has 0 atom stereocenters. The Balaban J connectivity index is 1.67. The van der Waals surface area contributed by atoms with Crippen molar-refractivity contribution in [2.45, 2.75) is 220 Å². The Kier molecular flexibility index (Phi) is 29.9. The van der Waals surface area contributed by atoms with Crippen molar-refractivity contribution >= 4 is 23.9 Å². The molecule has 354 valence electrons. The Labute approximate surface area is 382 Å². The predicted octanol–water partition coefficient (Wildman–Crippen LogP) is 14.9. The standard InChI is InChI=1S/C54H86N2O7/c1-4-7-10-13-16-19-22-25-28-31-38-60-49-42-46(44-63-47-36-34-45(35-37-47)41-48-52(57)55-54(59)56-53(48)58)43-50(61-39-32-29-26-23-20-17-14-11-8-5-2)51(49)62-40-33-30-27-24-21-18-15-12-9-6-3/h34-37,41-43H,4-33,38-40,44H2,1-3H3,(H2,55,56,57,58,59). The van der Waals surface area contributed by atoms with Crippen molar-refractivity contribution in [1.82, 2.24) is 10.6 Å². The first-order chi connectivity index (χ1) is 30.9. The Bertz CT molecular complexity index is 1490. The van der Waals surface area contributed by atoms with Crippen LogP contribution in [0.1, 0.15) is 225 Å². The van der Waals surface area contributed by atoms with Gasteiger partial charge in [-0.05, 0) is 60.7 Å². The van der Waals surface area contributed by atoms with Crippen LogP contribution in [0.2, 0.25) is 0 Å². The molecule has 0 bridgehead atoms. The van der Waals surface area contributed by atoms with Gasteiger partial charge in [-0.3, -0.25) is 20.2 Å². The highest BCUT2D eigenvalue weighted by molar-refractivity contribution is 6.31. The maximum Gasteiger partial charge on any atom is 0.328 e. The normalized spacial score (nSPS) is 12.6. The van der Waals surface area contributed by atoms with Gasteiger partial charge in [-0.2, -0.15) is 0 Å². The van der Waals surface area contributed by atoms with Crippen molar-refractivity contribution in [3.05, 3.63) is 53.1 Å². The average molecular weight is 875 g/mol. The van der Waals surface area contributed by atoms with E-state index < -0.39 is 17.8 Å². The van der Waals surface area contributed by atoms with Gasteiger partial charge >= 0.3 is 6.03 Å². The van der Waals surface area contributed by atoms with E-state index in [0.29, 0.717) is 48.4 Å². The van der Waals surface area contributed by atoms with Crippen molar-refractivity contribution in [3.8, 4) is 23.0 Å². The van der Waals surface area contributed by atoms with Crippen LogP contribution in [0.15, 0.2) is 42.0 Å². The quantitative estimate of drug-likeness (QED) is 0.0389. The van der Waals surface area contributed by atoms with Gasteiger partial charge in [0.2, 0.25) is 5.75 Å². The Morgan fingerprint density at radius 3 is 1.16 bits per heavy atom. The first kappa shape index (κ1) is 53.3. The lowest BCUT2D eigenvalue weighted by atomic mass is 10.1. The number of urea groups is 1. The second-order valence-electron chi connectivity index (χ2n) is 17.7. The summed E-state index contributed by atoms with van der Waals surface area (Å²) >= 11 is 0. The molecule has 0 unspecified atom stereocenters. The Morgan fingerprint density at radius 2 is 0.778 bits per heavy atom. The van der Waals surface area contributed by atoms with Gasteiger partial charge in [-0.25, -0.2) is 4.79 Å².